The lowest BCUT2D eigenvalue weighted by Gasteiger charge is -2.31. The molecule has 0 radical (unpaired) electrons. The highest BCUT2D eigenvalue weighted by molar-refractivity contribution is 5.78. The third kappa shape index (κ3) is 4.10. The molecule has 4 heteroatoms. The van der Waals surface area contributed by atoms with Crippen molar-refractivity contribution in [3.8, 4) is 0 Å². The number of rotatable bonds is 3. The van der Waals surface area contributed by atoms with Crippen LogP contribution in [0, 0.1) is 5.92 Å². The van der Waals surface area contributed by atoms with E-state index in [9.17, 15) is 15.0 Å². The fraction of sp³-hybridized carbons (Fsp3) is 0.917. The number of aliphatic hydroxyl groups is 2. The lowest BCUT2D eigenvalue weighted by atomic mass is 9.86. The summed E-state index contributed by atoms with van der Waals surface area (Å²) in [6.07, 6.45) is 2.72. The Kier molecular flexibility index (Phi) is 4.33. The molecule has 0 aliphatic heterocycles. The molecule has 0 atom stereocenters. The van der Waals surface area contributed by atoms with Crippen LogP contribution in [0.2, 0.25) is 0 Å². The molecule has 0 unspecified atom stereocenters. The van der Waals surface area contributed by atoms with Crippen LogP contribution in [0.4, 0.5) is 0 Å². The topological polar surface area (TPSA) is 60.8 Å². The van der Waals surface area contributed by atoms with Crippen molar-refractivity contribution in [2.75, 3.05) is 13.6 Å². The molecule has 0 aromatic rings. The average molecular weight is 229 g/mol. The van der Waals surface area contributed by atoms with E-state index in [2.05, 4.69) is 0 Å². The zero-order valence-electron chi connectivity index (χ0n) is 10.4. The summed E-state index contributed by atoms with van der Waals surface area (Å²) < 4.78 is 0. The summed E-state index contributed by atoms with van der Waals surface area (Å²) in [6.45, 7) is 3.74. The summed E-state index contributed by atoms with van der Waals surface area (Å²) in [6, 6.07) is 0. The van der Waals surface area contributed by atoms with Gasteiger partial charge in [-0.2, -0.15) is 0 Å². The lowest BCUT2D eigenvalue weighted by Crippen LogP contribution is -2.43. The second-order valence-corrected chi connectivity index (χ2v) is 5.51. The van der Waals surface area contributed by atoms with Crippen LogP contribution >= 0.6 is 0 Å². The summed E-state index contributed by atoms with van der Waals surface area (Å²) >= 11 is 0. The first-order valence-electron chi connectivity index (χ1n) is 5.95. The van der Waals surface area contributed by atoms with Gasteiger partial charge in [-0.3, -0.25) is 4.79 Å². The molecule has 4 nitrogen and oxygen atoms in total. The van der Waals surface area contributed by atoms with E-state index < -0.39 is 5.60 Å². The Balaban J connectivity index is 2.45. The largest absolute Gasteiger partial charge is 0.393 e. The Morgan fingerprint density at radius 1 is 1.31 bits per heavy atom. The van der Waals surface area contributed by atoms with E-state index in [4.69, 9.17) is 0 Å². The van der Waals surface area contributed by atoms with Crippen molar-refractivity contribution < 1.29 is 15.0 Å². The van der Waals surface area contributed by atoms with Crippen molar-refractivity contribution in [3.63, 3.8) is 0 Å². The van der Waals surface area contributed by atoms with Gasteiger partial charge in [-0.25, -0.2) is 0 Å². The second-order valence-electron chi connectivity index (χ2n) is 5.51. The molecule has 0 bridgehead atoms. The summed E-state index contributed by atoms with van der Waals surface area (Å²) in [7, 11) is 1.73. The number of hydrogen-bond donors (Lipinski definition) is 2. The minimum atomic E-state index is -0.849. The van der Waals surface area contributed by atoms with Crippen LogP contribution in [0.5, 0.6) is 0 Å². The predicted octanol–water partition coefficient (Wildman–Crippen LogP) is 0.767. The van der Waals surface area contributed by atoms with Crippen LogP contribution in [-0.4, -0.2) is 46.3 Å². The first-order valence-corrected chi connectivity index (χ1v) is 5.95. The molecule has 0 saturated heterocycles. The molecule has 0 spiro atoms. The van der Waals surface area contributed by atoms with E-state index >= 15 is 0 Å². The molecule has 2 N–H and O–H groups in total. The number of likely N-dealkylation sites (N-methyl/N-ethyl adjacent to an activating group) is 1. The zero-order valence-corrected chi connectivity index (χ0v) is 10.4. The summed E-state index contributed by atoms with van der Waals surface area (Å²) in [5.41, 5.74) is -0.849. The third-order valence-electron chi connectivity index (χ3n) is 3.05. The molecule has 1 aliphatic carbocycles. The maximum absolute atomic E-state index is 12.0. The van der Waals surface area contributed by atoms with Crippen molar-refractivity contribution >= 4 is 5.91 Å². The van der Waals surface area contributed by atoms with Crippen LogP contribution in [0.3, 0.4) is 0 Å². The number of carbonyl (C=O) groups is 1. The molecular weight excluding hydrogens is 206 g/mol. The van der Waals surface area contributed by atoms with Crippen LogP contribution < -0.4 is 0 Å². The monoisotopic (exact) mass is 229 g/mol. The third-order valence-corrected chi connectivity index (χ3v) is 3.05. The molecule has 1 aliphatic rings. The first-order chi connectivity index (χ1) is 7.29. The van der Waals surface area contributed by atoms with Gasteiger partial charge in [0.05, 0.1) is 11.7 Å². The Bertz CT molecular complexity index is 239. The van der Waals surface area contributed by atoms with E-state index in [0.29, 0.717) is 19.4 Å². The maximum Gasteiger partial charge on any atom is 0.225 e. The van der Waals surface area contributed by atoms with Gasteiger partial charge in [-0.1, -0.05) is 0 Å². The number of carbonyl (C=O) groups excluding carboxylic acids is 1. The highest BCUT2D eigenvalue weighted by Gasteiger charge is 2.29. The lowest BCUT2D eigenvalue weighted by molar-refractivity contribution is -0.138. The summed E-state index contributed by atoms with van der Waals surface area (Å²) in [5, 5.41) is 19.0. The van der Waals surface area contributed by atoms with Crippen molar-refractivity contribution in [2.24, 2.45) is 5.92 Å². The zero-order chi connectivity index (χ0) is 12.3. The molecule has 1 saturated carbocycles. The van der Waals surface area contributed by atoms with Gasteiger partial charge in [0.2, 0.25) is 5.91 Å². The van der Waals surface area contributed by atoms with Crippen molar-refractivity contribution in [1.29, 1.82) is 0 Å². The highest BCUT2D eigenvalue weighted by atomic mass is 16.3. The maximum atomic E-state index is 12.0. The Hall–Kier alpha value is -0.610. The molecule has 0 heterocycles. The van der Waals surface area contributed by atoms with Gasteiger partial charge in [-0.05, 0) is 39.5 Å². The Labute approximate surface area is 97.3 Å². The molecule has 1 rings (SSSR count). The molecule has 0 aromatic carbocycles. The Morgan fingerprint density at radius 2 is 1.81 bits per heavy atom. The summed E-state index contributed by atoms with van der Waals surface area (Å²) in [4.78, 5) is 13.6. The van der Waals surface area contributed by atoms with Gasteiger partial charge >= 0.3 is 0 Å². The standard InChI is InChI=1S/C12H23NO3/c1-12(2,16)8-13(3)11(15)9-4-6-10(14)7-5-9/h9-10,14,16H,4-8H2,1-3H3. The van der Waals surface area contributed by atoms with Gasteiger partial charge < -0.3 is 15.1 Å². The summed E-state index contributed by atoms with van der Waals surface area (Å²) in [5.74, 6) is 0.116. The van der Waals surface area contributed by atoms with E-state index in [-0.39, 0.29) is 17.9 Å². The van der Waals surface area contributed by atoms with Gasteiger partial charge in [0.25, 0.3) is 0 Å². The molecule has 16 heavy (non-hydrogen) atoms. The smallest absolute Gasteiger partial charge is 0.225 e. The van der Waals surface area contributed by atoms with Crippen LogP contribution in [0.1, 0.15) is 39.5 Å². The number of aliphatic hydroxyl groups excluding tert-OH is 1. The van der Waals surface area contributed by atoms with Crippen LogP contribution in [0.25, 0.3) is 0 Å². The van der Waals surface area contributed by atoms with Crippen LogP contribution in [0.15, 0.2) is 0 Å². The Morgan fingerprint density at radius 3 is 2.25 bits per heavy atom. The van der Waals surface area contributed by atoms with E-state index in [1.807, 2.05) is 0 Å². The molecule has 94 valence electrons. The van der Waals surface area contributed by atoms with Gasteiger partial charge in [0, 0.05) is 19.5 Å². The minimum Gasteiger partial charge on any atom is -0.393 e. The van der Waals surface area contributed by atoms with Gasteiger partial charge in [0.15, 0.2) is 0 Å². The molecule has 1 amide bonds. The average Bonchev–Trinajstić information content (AvgIpc) is 2.15. The first kappa shape index (κ1) is 13.5. The molecular formula is C12H23NO3. The number of nitrogens with zero attached hydrogens (tertiary/aromatic N) is 1. The molecule has 0 aromatic heterocycles. The van der Waals surface area contributed by atoms with Crippen molar-refractivity contribution in [3.05, 3.63) is 0 Å². The fourth-order valence-corrected chi connectivity index (χ4v) is 2.29. The number of hydrogen-bond acceptors (Lipinski definition) is 3. The fourth-order valence-electron chi connectivity index (χ4n) is 2.29. The quantitative estimate of drug-likeness (QED) is 0.751. The van der Waals surface area contributed by atoms with E-state index in [1.165, 1.54) is 0 Å². The van der Waals surface area contributed by atoms with E-state index in [1.54, 1.807) is 25.8 Å². The van der Waals surface area contributed by atoms with Crippen LogP contribution in [-0.2, 0) is 4.79 Å². The normalized spacial score (nSPS) is 26.6. The molecule has 1 fully saturated rings. The SMILES string of the molecule is CN(CC(C)(C)O)C(=O)C1CCC(O)CC1. The van der Waals surface area contributed by atoms with Gasteiger partial charge in [0.1, 0.15) is 0 Å². The number of amides is 1. The highest BCUT2D eigenvalue weighted by Crippen LogP contribution is 2.25. The van der Waals surface area contributed by atoms with Crippen molar-refractivity contribution in [2.45, 2.75) is 51.2 Å². The van der Waals surface area contributed by atoms with Crippen molar-refractivity contribution in [1.82, 2.24) is 4.90 Å². The predicted molar refractivity (Wildman–Crippen MR) is 61.9 cm³/mol. The second kappa shape index (κ2) is 5.15. The van der Waals surface area contributed by atoms with E-state index in [0.717, 1.165) is 12.8 Å². The minimum absolute atomic E-state index is 0.0238. The van der Waals surface area contributed by atoms with Gasteiger partial charge in [-0.15, -0.1) is 0 Å².